The Morgan fingerprint density at radius 2 is 1.77 bits per heavy atom. The molecule has 5 aromatic rings. The van der Waals surface area contributed by atoms with Crippen LogP contribution in [0, 0.1) is 18.6 Å². The van der Waals surface area contributed by atoms with E-state index in [4.69, 9.17) is 14.5 Å². The Balaban J connectivity index is 0.00000180. The van der Waals surface area contributed by atoms with E-state index in [0.29, 0.717) is 58.3 Å². The van der Waals surface area contributed by atoms with Crippen LogP contribution >= 0.6 is 0 Å². The average Bonchev–Trinajstić information content (AvgIpc) is 3.32. The topological polar surface area (TPSA) is 86.5 Å². The molecule has 7 nitrogen and oxygen atoms in total. The summed E-state index contributed by atoms with van der Waals surface area (Å²) in [4.78, 5) is 20.7. The second-order valence-electron chi connectivity index (χ2n) is 10.2. The van der Waals surface area contributed by atoms with Crippen molar-refractivity contribution in [1.29, 1.82) is 0 Å². The van der Waals surface area contributed by atoms with Crippen LogP contribution in [0.5, 0.6) is 5.88 Å². The lowest BCUT2D eigenvalue weighted by Crippen LogP contribution is -2.31. The molecule has 1 N–H and O–H groups in total. The molecule has 0 aliphatic carbocycles. The number of aryl methyl sites for hydroxylation is 1. The van der Waals surface area contributed by atoms with E-state index in [1.165, 1.54) is 18.2 Å². The first-order chi connectivity index (χ1) is 20.8. The number of rotatable bonds is 9. The highest BCUT2D eigenvalue weighted by Gasteiger charge is 2.23. The third-order valence-corrected chi connectivity index (χ3v) is 7.26. The van der Waals surface area contributed by atoms with Gasteiger partial charge in [-0.1, -0.05) is 44.2 Å². The zero-order chi connectivity index (χ0) is 30.5. The summed E-state index contributed by atoms with van der Waals surface area (Å²) in [5, 5.41) is 9.46. The molecule has 1 fully saturated rings. The number of fused-ring (bicyclic) bond motifs is 1. The number of carboxylic acid groups (broad SMARTS) is 1. The normalized spacial score (nSPS) is 14.1. The van der Waals surface area contributed by atoms with Gasteiger partial charge in [-0.2, -0.15) is 0 Å². The van der Waals surface area contributed by atoms with Gasteiger partial charge in [-0.25, -0.2) is 23.5 Å². The van der Waals surface area contributed by atoms with Gasteiger partial charge in [0.15, 0.2) is 0 Å². The van der Waals surface area contributed by atoms with Crippen molar-refractivity contribution in [2.75, 3.05) is 6.61 Å². The molecule has 222 valence electrons. The number of pyridine rings is 1. The number of carbonyl (C=O) groups is 1. The van der Waals surface area contributed by atoms with Gasteiger partial charge in [0, 0.05) is 30.2 Å². The van der Waals surface area contributed by atoms with E-state index in [0.717, 1.165) is 12.0 Å². The van der Waals surface area contributed by atoms with Gasteiger partial charge in [0.1, 0.15) is 24.1 Å². The predicted molar refractivity (Wildman–Crippen MR) is 160 cm³/mol. The van der Waals surface area contributed by atoms with E-state index >= 15 is 4.39 Å². The highest BCUT2D eigenvalue weighted by atomic mass is 19.1. The van der Waals surface area contributed by atoms with Crippen molar-refractivity contribution >= 4 is 17.0 Å². The van der Waals surface area contributed by atoms with Gasteiger partial charge in [0.05, 0.1) is 34.9 Å². The first-order valence-electron chi connectivity index (χ1n) is 14.3. The van der Waals surface area contributed by atoms with Crippen LogP contribution in [0.4, 0.5) is 8.78 Å². The quantitative estimate of drug-likeness (QED) is 0.194. The van der Waals surface area contributed by atoms with Crippen LogP contribution < -0.4 is 4.74 Å². The summed E-state index contributed by atoms with van der Waals surface area (Å²) in [6.07, 6.45) is 1.13. The lowest BCUT2D eigenvalue weighted by Gasteiger charge is -2.27. The zero-order valence-corrected chi connectivity index (χ0v) is 24.3. The first kappa shape index (κ1) is 29.8. The van der Waals surface area contributed by atoms with E-state index in [1.54, 1.807) is 48.5 Å². The van der Waals surface area contributed by atoms with Crippen molar-refractivity contribution in [3.05, 3.63) is 113 Å². The Labute approximate surface area is 248 Å². The third kappa shape index (κ3) is 6.73. The summed E-state index contributed by atoms with van der Waals surface area (Å²) >= 11 is 0. The molecule has 43 heavy (non-hydrogen) atoms. The molecule has 0 bridgehead atoms. The van der Waals surface area contributed by atoms with Crippen molar-refractivity contribution in [3.63, 3.8) is 0 Å². The van der Waals surface area contributed by atoms with Crippen LogP contribution in [0.3, 0.4) is 0 Å². The minimum atomic E-state index is -1.02. The van der Waals surface area contributed by atoms with Crippen molar-refractivity contribution in [3.8, 4) is 17.1 Å². The number of hydrogen-bond acceptors (Lipinski definition) is 5. The maximum Gasteiger partial charge on any atom is 0.335 e. The fourth-order valence-corrected chi connectivity index (χ4v) is 4.87. The average molecular weight is 586 g/mol. The standard InChI is InChI=1S/C32H27F2N3O4.C2H6/c1-19-5-6-23(25(33)13-19)18-41-31-4-2-3-27(36-31)21-8-7-20(26(34)14-21)16-30-35-28-10-9-22(32(38)39)15-29(28)37(30)17-24-11-12-40-24;1-2/h2-10,13-15,24H,11-12,16-18H2,1H3,(H,38,39);1-2H3. The fourth-order valence-electron chi connectivity index (χ4n) is 4.87. The van der Waals surface area contributed by atoms with Gasteiger partial charge in [-0.15, -0.1) is 0 Å². The van der Waals surface area contributed by atoms with Crippen molar-refractivity contribution < 1.29 is 28.2 Å². The molecular weight excluding hydrogens is 552 g/mol. The van der Waals surface area contributed by atoms with Gasteiger partial charge < -0.3 is 19.1 Å². The number of hydrogen-bond donors (Lipinski definition) is 1. The molecular formula is C34H33F2N3O4. The van der Waals surface area contributed by atoms with Crippen LogP contribution in [0.25, 0.3) is 22.3 Å². The van der Waals surface area contributed by atoms with Gasteiger partial charge >= 0.3 is 5.97 Å². The summed E-state index contributed by atoms with van der Waals surface area (Å²) in [6, 6.07) is 19.8. The van der Waals surface area contributed by atoms with Gasteiger partial charge in [0.2, 0.25) is 5.88 Å². The SMILES string of the molecule is CC.Cc1ccc(COc2cccc(-c3ccc(Cc4nc5ccc(C(=O)O)cc5n4CC4CCO4)c(F)c3)n2)c(F)c1. The first-order valence-corrected chi connectivity index (χ1v) is 14.3. The molecule has 0 amide bonds. The second kappa shape index (κ2) is 13.1. The number of aromatic nitrogens is 3. The van der Waals surface area contributed by atoms with Crippen molar-refractivity contribution in [2.24, 2.45) is 0 Å². The zero-order valence-electron chi connectivity index (χ0n) is 24.3. The number of imidazole rings is 1. The van der Waals surface area contributed by atoms with E-state index in [1.807, 2.05) is 31.4 Å². The van der Waals surface area contributed by atoms with Gasteiger partial charge in [0.25, 0.3) is 0 Å². The molecule has 0 spiro atoms. The summed E-state index contributed by atoms with van der Waals surface area (Å²) in [6.45, 7) is 7.04. The molecule has 2 aromatic heterocycles. The summed E-state index contributed by atoms with van der Waals surface area (Å²) in [7, 11) is 0. The highest BCUT2D eigenvalue weighted by Crippen LogP contribution is 2.27. The number of aromatic carboxylic acids is 1. The molecule has 1 aliphatic heterocycles. The number of carboxylic acids is 1. The number of halogens is 2. The van der Waals surface area contributed by atoms with Gasteiger partial charge in [-0.3, -0.25) is 0 Å². The van der Waals surface area contributed by atoms with E-state index < -0.39 is 11.8 Å². The Morgan fingerprint density at radius 1 is 1.00 bits per heavy atom. The molecule has 0 saturated carbocycles. The minimum absolute atomic E-state index is 0.00919. The maximum absolute atomic E-state index is 15.4. The molecule has 3 heterocycles. The lowest BCUT2D eigenvalue weighted by atomic mass is 10.1. The molecule has 1 unspecified atom stereocenters. The van der Waals surface area contributed by atoms with Crippen LogP contribution in [0.2, 0.25) is 0 Å². The molecule has 1 atom stereocenters. The van der Waals surface area contributed by atoms with Crippen molar-refractivity contribution in [1.82, 2.24) is 14.5 Å². The second-order valence-corrected chi connectivity index (χ2v) is 10.2. The fraction of sp³-hybridized carbons (Fsp3) is 0.265. The Bertz CT molecular complexity index is 1760. The highest BCUT2D eigenvalue weighted by molar-refractivity contribution is 5.92. The Hall–Kier alpha value is -4.63. The molecule has 0 radical (unpaired) electrons. The van der Waals surface area contributed by atoms with E-state index in [-0.39, 0.29) is 30.5 Å². The lowest BCUT2D eigenvalue weighted by molar-refractivity contribution is -0.0589. The van der Waals surface area contributed by atoms with E-state index in [9.17, 15) is 14.3 Å². The Kier molecular flexibility index (Phi) is 9.11. The molecule has 1 saturated heterocycles. The molecule has 1 aliphatic rings. The number of benzene rings is 3. The third-order valence-electron chi connectivity index (χ3n) is 7.26. The van der Waals surface area contributed by atoms with Crippen LogP contribution in [-0.4, -0.2) is 38.3 Å². The molecule has 6 rings (SSSR count). The number of nitrogens with zero attached hydrogens (tertiary/aromatic N) is 3. The maximum atomic E-state index is 15.4. The summed E-state index contributed by atoms with van der Waals surface area (Å²) in [5.41, 5.74) is 4.28. The van der Waals surface area contributed by atoms with Crippen LogP contribution in [0.15, 0.2) is 72.8 Å². The summed E-state index contributed by atoms with van der Waals surface area (Å²) in [5.74, 6) is -0.841. The molecule has 9 heteroatoms. The van der Waals surface area contributed by atoms with E-state index in [2.05, 4.69) is 4.98 Å². The summed E-state index contributed by atoms with van der Waals surface area (Å²) < 4.78 is 42.9. The predicted octanol–water partition coefficient (Wildman–Crippen LogP) is 7.37. The smallest absolute Gasteiger partial charge is 0.335 e. The van der Waals surface area contributed by atoms with Gasteiger partial charge in [-0.05, 0) is 60.9 Å². The molecule has 3 aromatic carbocycles. The largest absolute Gasteiger partial charge is 0.478 e. The monoisotopic (exact) mass is 585 g/mol. The van der Waals surface area contributed by atoms with Crippen LogP contribution in [0.1, 0.15) is 53.1 Å². The van der Waals surface area contributed by atoms with Crippen LogP contribution in [-0.2, 0) is 24.3 Å². The Morgan fingerprint density at radius 3 is 2.47 bits per heavy atom. The number of ether oxygens (including phenoxy) is 2. The minimum Gasteiger partial charge on any atom is -0.478 e. The van der Waals surface area contributed by atoms with Crippen molar-refractivity contribution in [2.45, 2.75) is 52.9 Å².